The Labute approximate surface area is 86.2 Å². The molecular formula is C8H6BrF4N. The highest BCUT2D eigenvalue weighted by Crippen LogP contribution is 2.24. The van der Waals surface area contributed by atoms with Crippen molar-refractivity contribution < 1.29 is 17.6 Å². The third kappa shape index (κ3) is 3.17. The van der Waals surface area contributed by atoms with E-state index in [0.717, 1.165) is 0 Å². The van der Waals surface area contributed by atoms with Crippen molar-refractivity contribution in [2.24, 2.45) is 0 Å². The zero-order valence-electron chi connectivity index (χ0n) is 6.83. The lowest BCUT2D eigenvalue weighted by atomic mass is 10.3. The van der Waals surface area contributed by atoms with Gasteiger partial charge in [0, 0.05) is 0 Å². The van der Waals surface area contributed by atoms with Crippen LogP contribution in [-0.4, -0.2) is 12.7 Å². The van der Waals surface area contributed by atoms with Gasteiger partial charge in [-0.15, -0.1) is 0 Å². The van der Waals surface area contributed by atoms with E-state index < -0.39 is 18.5 Å². The van der Waals surface area contributed by atoms with Crippen LogP contribution in [0.2, 0.25) is 0 Å². The van der Waals surface area contributed by atoms with Gasteiger partial charge >= 0.3 is 6.18 Å². The maximum atomic E-state index is 13.1. The van der Waals surface area contributed by atoms with Crippen LogP contribution < -0.4 is 5.32 Å². The summed E-state index contributed by atoms with van der Waals surface area (Å²) in [5, 5.41) is 1.96. The Kier molecular flexibility index (Phi) is 3.36. The van der Waals surface area contributed by atoms with Crippen molar-refractivity contribution in [3.8, 4) is 0 Å². The van der Waals surface area contributed by atoms with E-state index in [1.807, 2.05) is 5.32 Å². The molecule has 0 amide bonds. The first kappa shape index (κ1) is 11.3. The van der Waals surface area contributed by atoms with E-state index in [-0.39, 0.29) is 10.2 Å². The van der Waals surface area contributed by atoms with Gasteiger partial charge in [-0.05, 0) is 28.1 Å². The molecule has 1 rings (SSSR count). The van der Waals surface area contributed by atoms with Crippen LogP contribution >= 0.6 is 15.9 Å². The van der Waals surface area contributed by atoms with Gasteiger partial charge in [-0.1, -0.05) is 6.07 Å². The molecule has 1 aromatic carbocycles. The molecule has 6 heteroatoms. The zero-order chi connectivity index (χ0) is 10.8. The van der Waals surface area contributed by atoms with Gasteiger partial charge in [-0.25, -0.2) is 4.39 Å². The highest BCUT2D eigenvalue weighted by atomic mass is 79.9. The second kappa shape index (κ2) is 4.16. The Morgan fingerprint density at radius 2 is 1.93 bits per heavy atom. The van der Waals surface area contributed by atoms with Gasteiger partial charge in [0.2, 0.25) is 0 Å². The molecule has 0 spiro atoms. The number of alkyl halides is 3. The summed E-state index contributed by atoms with van der Waals surface area (Å²) >= 11 is 2.87. The highest BCUT2D eigenvalue weighted by Gasteiger charge is 2.27. The quantitative estimate of drug-likeness (QED) is 0.811. The average Bonchev–Trinajstić information content (AvgIpc) is 2.06. The minimum absolute atomic E-state index is 0.129. The summed E-state index contributed by atoms with van der Waals surface area (Å²) in [6.07, 6.45) is -4.35. The summed E-state index contributed by atoms with van der Waals surface area (Å²) in [7, 11) is 0. The molecule has 0 atom stereocenters. The molecule has 0 saturated heterocycles. The van der Waals surface area contributed by atoms with Crippen LogP contribution in [0.15, 0.2) is 22.7 Å². The van der Waals surface area contributed by atoms with E-state index in [0.29, 0.717) is 0 Å². The van der Waals surface area contributed by atoms with Gasteiger partial charge in [0.05, 0.1) is 10.2 Å². The first-order chi connectivity index (χ1) is 6.40. The van der Waals surface area contributed by atoms with Gasteiger partial charge in [-0.2, -0.15) is 13.2 Å². The second-order valence-electron chi connectivity index (χ2n) is 2.57. The fourth-order valence-electron chi connectivity index (χ4n) is 0.836. The van der Waals surface area contributed by atoms with Crippen molar-refractivity contribution in [2.45, 2.75) is 6.18 Å². The van der Waals surface area contributed by atoms with Crippen molar-refractivity contribution in [3.05, 3.63) is 28.5 Å². The number of hydrogen-bond donors (Lipinski definition) is 1. The van der Waals surface area contributed by atoms with Crippen molar-refractivity contribution >= 4 is 21.6 Å². The topological polar surface area (TPSA) is 12.0 Å². The number of benzene rings is 1. The standard InChI is InChI=1S/C8H6BrF4N/c9-5-2-1-3-6(7(5)10)14-4-8(11,12)13/h1-3,14H,4H2. The molecule has 0 aromatic heterocycles. The van der Waals surface area contributed by atoms with E-state index in [1.165, 1.54) is 18.2 Å². The SMILES string of the molecule is Fc1c(Br)cccc1NCC(F)(F)F. The summed E-state index contributed by atoms with van der Waals surface area (Å²) < 4.78 is 48.6. The number of nitrogens with one attached hydrogen (secondary N) is 1. The minimum Gasteiger partial charge on any atom is -0.374 e. The molecule has 78 valence electrons. The molecule has 0 fully saturated rings. The molecule has 0 saturated carbocycles. The Hall–Kier alpha value is -0.780. The summed E-state index contributed by atoms with van der Waals surface area (Å²) in [5.74, 6) is -0.725. The largest absolute Gasteiger partial charge is 0.405 e. The molecule has 1 aromatic rings. The van der Waals surface area contributed by atoms with E-state index in [1.54, 1.807) is 0 Å². The fraction of sp³-hybridized carbons (Fsp3) is 0.250. The molecule has 0 unspecified atom stereocenters. The maximum Gasteiger partial charge on any atom is 0.405 e. The van der Waals surface area contributed by atoms with Crippen molar-refractivity contribution in [1.82, 2.24) is 0 Å². The van der Waals surface area contributed by atoms with Crippen LogP contribution in [0.5, 0.6) is 0 Å². The third-order valence-corrected chi connectivity index (χ3v) is 2.04. The third-order valence-electron chi connectivity index (χ3n) is 1.43. The smallest absolute Gasteiger partial charge is 0.374 e. The molecule has 0 aliphatic heterocycles. The van der Waals surface area contributed by atoms with Crippen molar-refractivity contribution in [3.63, 3.8) is 0 Å². The number of anilines is 1. The van der Waals surface area contributed by atoms with Crippen molar-refractivity contribution in [2.75, 3.05) is 11.9 Å². The van der Waals surface area contributed by atoms with Crippen LogP contribution in [0.1, 0.15) is 0 Å². The lowest BCUT2D eigenvalue weighted by molar-refractivity contribution is -0.115. The molecular weight excluding hydrogens is 266 g/mol. The Balaban J connectivity index is 2.73. The predicted octanol–water partition coefficient (Wildman–Crippen LogP) is 3.56. The summed E-state index contributed by atoms with van der Waals surface area (Å²) in [6, 6.07) is 4.10. The monoisotopic (exact) mass is 271 g/mol. The average molecular weight is 272 g/mol. The van der Waals surface area contributed by atoms with Gasteiger partial charge in [0.15, 0.2) is 5.82 Å². The molecule has 0 bridgehead atoms. The highest BCUT2D eigenvalue weighted by molar-refractivity contribution is 9.10. The Bertz CT molecular complexity index is 324. The number of rotatable bonds is 2. The minimum atomic E-state index is -4.35. The summed E-state index contributed by atoms with van der Waals surface area (Å²) in [6.45, 7) is -1.25. The predicted molar refractivity (Wildman–Crippen MR) is 48.6 cm³/mol. The van der Waals surface area contributed by atoms with E-state index in [4.69, 9.17) is 0 Å². The van der Waals surface area contributed by atoms with Crippen molar-refractivity contribution in [1.29, 1.82) is 0 Å². The summed E-state index contributed by atoms with van der Waals surface area (Å²) in [4.78, 5) is 0. The molecule has 1 nitrogen and oxygen atoms in total. The summed E-state index contributed by atoms with van der Waals surface area (Å²) in [5.41, 5.74) is -0.170. The van der Waals surface area contributed by atoms with Gasteiger partial charge < -0.3 is 5.32 Å². The molecule has 14 heavy (non-hydrogen) atoms. The normalized spacial score (nSPS) is 11.5. The molecule has 1 N–H and O–H groups in total. The molecule has 0 heterocycles. The number of hydrogen-bond acceptors (Lipinski definition) is 1. The lowest BCUT2D eigenvalue weighted by Crippen LogP contribution is -2.21. The van der Waals surface area contributed by atoms with Crippen LogP contribution in [0.3, 0.4) is 0 Å². The first-order valence-corrected chi connectivity index (χ1v) is 4.44. The molecule has 0 radical (unpaired) electrons. The van der Waals surface area contributed by atoms with Crippen LogP contribution in [0.4, 0.5) is 23.2 Å². The maximum absolute atomic E-state index is 13.1. The second-order valence-corrected chi connectivity index (χ2v) is 3.42. The Morgan fingerprint density at radius 3 is 2.50 bits per heavy atom. The van der Waals surface area contributed by atoms with Gasteiger partial charge in [0.1, 0.15) is 6.54 Å². The van der Waals surface area contributed by atoms with E-state index in [9.17, 15) is 17.6 Å². The van der Waals surface area contributed by atoms with Crippen LogP contribution in [0, 0.1) is 5.82 Å². The van der Waals surface area contributed by atoms with Gasteiger partial charge in [-0.3, -0.25) is 0 Å². The Morgan fingerprint density at radius 1 is 1.29 bits per heavy atom. The zero-order valence-corrected chi connectivity index (χ0v) is 8.41. The van der Waals surface area contributed by atoms with Crippen LogP contribution in [-0.2, 0) is 0 Å². The van der Waals surface area contributed by atoms with Gasteiger partial charge in [0.25, 0.3) is 0 Å². The van der Waals surface area contributed by atoms with E-state index in [2.05, 4.69) is 15.9 Å². The van der Waals surface area contributed by atoms with E-state index >= 15 is 0 Å². The first-order valence-electron chi connectivity index (χ1n) is 3.65. The molecule has 0 aliphatic carbocycles. The van der Waals surface area contributed by atoms with Crippen LogP contribution in [0.25, 0.3) is 0 Å². The number of halogens is 5. The molecule has 0 aliphatic rings. The fourth-order valence-corrected chi connectivity index (χ4v) is 1.20. The lowest BCUT2D eigenvalue weighted by Gasteiger charge is -2.10.